The Labute approximate surface area is 479 Å². The first-order valence-corrected chi connectivity index (χ1v) is 34.1. The smallest absolute Gasteiger partial charge is 0.306 e. The molecule has 0 heterocycles. The van der Waals surface area contributed by atoms with Gasteiger partial charge in [0, 0.05) is 19.3 Å². The van der Waals surface area contributed by atoms with Crippen LogP contribution in [0.3, 0.4) is 0 Å². The predicted octanol–water partition coefficient (Wildman–Crippen LogP) is 23.3. The Kier molecular flexibility index (Phi) is 63.6. The van der Waals surface area contributed by atoms with E-state index < -0.39 is 6.10 Å². The molecule has 0 bridgehead atoms. The molecule has 0 aliphatic rings. The van der Waals surface area contributed by atoms with Gasteiger partial charge in [-0.05, 0) is 57.8 Å². The number of carbonyl (C=O) groups excluding carboxylic acids is 3. The van der Waals surface area contributed by atoms with Crippen molar-refractivity contribution in [1.82, 2.24) is 0 Å². The van der Waals surface area contributed by atoms with Crippen LogP contribution in [0.25, 0.3) is 0 Å². The molecule has 6 heteroatoms. The second-order valence-corrected chi connectivity index (χ2v) is 23.1. The molecule has 0 spiro atoms. The van der Waals surface area contributed by atoms with Crippen molar-refractivity contribution >= 4 is 17.9 Å². The molecule has 0 aliphatic carbocycles. The molecule has 0 aromatic carbocycles. The van der Waals surface area contributed by atoms with E-state index in [1.807, 2.05) is 0 Å². The van der Waals surface area contributed by atoms with E-state index in [1.54, 1.807) is 0 Å². The van der Waals surface area contributed by atoms with Crippen LogP contribution >= 0.6 is 0 Å². The van der Waals surface area contributed by atoms with Gasteiger partial charge in [0.25, 0.3) is 0 Å². The third-order valence-electron chi connectivity index (χ3n) is 15.3. The highest BCUT2D eigenvalue weighted by Crippen LogP contribution is 2.18. The third kappa shape index (κ3) is 64.1. The van der Waals surface area contributed by atoms with Gasteiger partial charge >= 0.3 is 17.9 Å². The minimum Gasteiger partial charge on any atom is -0.462 e. The number of hydrogen-bond donors (Lipinski definition) is 0. The monoisotopic (exact) mass is 1080 g/mol. The van der Waals surface area contributed by atoms with Crippen LogP contribution in [0.15, 0.2) is 48.6 Å². The number of hydrogen-bond acceptors (Lipinski definition) is 6. The fourth-order valence-electron chi connectivity index (χ4n) is 10.3. The quantitative estimate of drug-likeness (QED) is 0.0261. The molecule has 1 unspecified atom stereocenters. The summed E-state index contributed by atoms with van der Waals surface area (Å²) in [5.74, 6) is -0.860. The molecule has 0 saturated carbocycles. The van der Waals surface area contributed by atoms with E-state index >= 15 is 0 Å². The van der Waals surface area contributed by atoms with E-state index in [-0.39, 0.29) is 31.1 Å². The zero-order chi connectivity index (χ0) is 55.7. The minimum atomic E-state index is -0.779. The van der Waals surface area contributed by atoms with E-state index in [1.165, 1.54) is 231 Å². The molecule has 0 fully saturated rings. The van der Waals surface area contributed by atoms with Crippen molar-refractivity contribution in [3.05, 3.63) is 48.6 Å². The molecule has 77 heavy (non-hydrogen) atoms. The molecule has 0 radical (unpaired) electrons. The first-order chi connectivity index (χ1) is 38.0. The Morgan fingerprint density at radius 2 is 0.506 bits per heavy atom. The van der Waals surface area contributed by atoms with Gasteiger partial charge in [-0.25, -0.2) is 0 Å². The average Bonchev–Trinajstić information content (AvgIpc) is 3.43. The van der Waals surface area contributed by atoms with Crippen LogP contribution in [0.4, 0.5) is 0 Å². The topological polar surface area (TPSA) is 78.9 Å². The fourth-order valence-corrected chi connectivity index (χ4v) is 10.3. The van der Waals surface area contributed by atoms with E-state index in [9.17, 15) is 14.4 Å². The van der Waals surface area contributed by atoms with Crippen LogP contribution in [0.1, 0.15) is 367 Å². The predicted molar refractivity (Wildman–Crippen MR) is 335 cm³/mol. The van der Waals surface area contributed by atoms with Crippen LogP contribution < -0.4 is 0 Å². The maximum atomic E-state index is 12.9. The highest BCUT2D eigenvalue weighted by Gasteiger charge is 2.19. The molecule has 0 N–H and O–H groups in total. The van der Waals surface area contributed by atoms with E-state index in [0.29, 0.717) is 19.3 Å². The largest absolute Gasteiger partial charge is 0.462 e. The molecule has 0 aliphatic heterocycles. The average molecular weight is 1080 g/mol. The van der Waals surface area contributed by atoms with Crippen molar-refractivity contribution in [2.24, 2.45) is 0 Å². The Morgan fingerprint density at radius 1 is 0.273 bits per heavy atom. The van der Waals surface area contributed by atoms with Crippen molar-refractivity contribution in [2.45, 2.75) is 374 Å². The summed E-state index contributed by atoms with van der Waals surface area (Å²) in [5, 5.41) is 0. The fraction of sp³-hybridized carbons (Fsp3) is 0.845. The molecule has 450 valence electrons. The molecule has 6 nitrogen and oxygen atoms in total. The lowest BCUT2D eigenvalue weighted by molar-refractivity contribution is -0.167. The van der Waals surface area contributed by atoms with Gasteiger partial charge in [-0.15, -0.1) is 0 Å². The van der Waals surface area contributed by atoms with Crippen molar-refractivity contribution < 1.29 is 28.6 Å². The third-order valence-corrected chi connectivity index (χ3v) is 15.3. The molecule has 0 aromatic heterocycles. The first kappa shape index (κ1) is 74.4. The van der Waals surface area contributed by atoms with Crippen molar-refractivity contribution in [2.75, 3.05) is 13.2 Å². The zero-order valence-corrected chi connectivity index (χ0v) is 51.7. The van der Waals surface area contributed by atoms with E-state index in [2.05, 4.69) is 69.4 Å². The maximum absolute atomic E-state index is 12.9. The van der Waals surface area contributed by atoms with Gasteiger partial charge in [-0.2, -0.15) is 0 Å². The Hall–Kier alpha value is -2.63. The Bertz CT molecular complexity index is 1330. The van der Waals surface area contributed by atoms with Gasteiger partial charge in [0.2, 0.25) is 0 Å². The van der Waals surface area contributed by atoms with Crippen LogP contribution in [-0.2, 0) is 28.6 Å². The van der Waals surface area contributed by atoms with Crippen LogP contribution in [0, 0.1) is 0 Å². The summed E-state index contributed by atoms with van der Waals surface area (Å²) < 4.78 is 17.0. The van der Waals surface area contributed by atoms with Gasteiger partial charge in [-0.1, -0.05) is 339 Å². The van der Waals surface area contributed by atoms with Gasteiger partial charge in [0.1, 0.15) is 13.2 Å². The number of unbranched alkanes of at least 4 members (excludes halogenated alkanes) is 44. The molecule has 0 rings (SSSR count). The summed E-state index contributed by atoms with van der Waals surface area (Å²) in [4.78, 5) is 38.4. The Balaban J connectivity index is 4.33. The highest BCUT2D eigenvalue weighted by atomic mass is 16.6. The van der Waals surface area contributed by atoms with E-state index in [0.717, 1.165) is 96.3 Å². The maximum Gasteiger partial charge on any atom is 0.306 e. The van der Waals surface area contributed by atoms with Gasteiger partial charge in [0.05, 0.1) is 0 Å². The molecular weight excluding hydrogens is 949 g/mol. The first-order valence-electron chi connectivity index (χ1n) is 34.1. The lowest BCUT2D eigenvalue weighted by Gasteiger charge is -2.18. The van der Waals surface area contributed by atoms with Crippen LogP contribution in [0.5, 0.6) is 0 Å². The minimum absolute atomic E-state index is 0.0738. The van der Waals surface area contributed by atoms with Crippen molar-refractivity contribution in [1.29, 1.82) is 0 Å². The second-order valence-electron chi connectivity index (χ2n) is 23.1. The normalized spacial score (nSPS) is 12.3. The zero-order valence-electron chi connectivity index (χ0n) is 51.7. The lowest BCUT2D eigenvalue weighted by atomic mass is 10.0. The number of esters is 3. The summed E-state index contributed by atoms with van der Waals surface area (Å²) in [6.07, 6.45) is 82.7. The molecule has 1 atom stereocenters. The highest BCUT2D eigenvalue weighted by molar-refractivity contribution is 5.71. The molecule has 0 saturated heterocycles. The lowest BCUT2D eigenvalue weighted by Crippen LogP contribution is -2.30. The summed E-state index contributed by atoms with van der Waals surface area (Å²) in [7, 11) is 0. The summed E-state index contributed by atoms with van der Waals surface area (Å²) in [6, 6.07) is 0. The molecule has 0 amide bonds. The molecular formula is C71H130O6. The van der Waals surface area contributed by atoms with Crippen LogP contribution in [0.2, 0.25) is 0 Å². The van der Waals surface area contributed by atoms with Crippen molar-refractivity contribution in [3.8, 4) is 0 Å². The van der Waals surface area contributed by atoms with Gasteiger partial charge < -0.3 is 14.2 Å². The number of allylic oxidation sites excluding steroid dienone is 8. The Morgan fingerprint density at radius 3 is 0.792 bits per heavy atom. The number of rotatable bonds is 63. The van der Waals surface area contributed by atoms with Crippen LogP contribution in [-0.4, -0.2) is 37.2 Å². The summed E-state index contributed by atoms with van der Waals surface area (Å²) in [5.41, 5.74) is 0. The summed E-state index contributed by atoms with van der Waals surface area (Å²) >= 11 is 0. The molecule has 0 aromatic rings. The standard InChI is InChI=1S/C71H130O6/c1-4-7-10-13-16-19-22-25-28-31-34-35-36-38-40-43-46-49-52-55-58-61-64-70(73)76-67-68(66-75-69(72)63-60-57-54-51-48-45-42-39-33-30-27-24-21-18-15-12-9-6-3)77-71(74)65-62-59-56-53-50-47-44-41-37-32-29-26-23-20-17-14-11-8-5-2/h8,11,17,20,26,29,37,41,68H,4-7,9-10,12-16,18-19,21-25,27-28,30-36,38-40,42-67H2,1-3H3/b11-8-,20-17-,29-26-,41-37-. The summed E-state index contributed by atoms with van der Waals surface area (Å²) in [6.45, 7) is 6.59. The van der Waals surface area contributed by atoms with E-state index in [4.69, 9.17) is 14.2 Å². The van der Waals surface area contributed by atoms with Gasteiger partial charge in [0.15, 0.2) is 6.10 Å². The van der Waals surface area contributed by atoms with Crippen molar-refractivity contribution in [3.63, 3.8) is 0 Å². The number of ether oxygens (including phenoxy) is 3. The SMILES string of the molecule is CC/C=C\C/C=C\C/C=C\C/C=C\CCCCCCCCC(=O)OC(COC(=O)CCCCCCCCCCCCCCCCCCCC)COC(=O)CCCCCCCCCCCCCCCCCCCCCCCC. The number of carbonyl (C=O) groups is 3. The second kappa shape index (κ2) is 65.9. The van der Waals surface area contributed by atoms with Gasteiger partial charge in [-0.3, -0.25) is 14.4 Å².